The number of aromatic amines is 2. The molecule has 5 aromatic heterocycles. The quantitative estimate of drug-likeness (QED) is 0.227. The summed E-state index contributed by atoms with van der Waals surface area (Å²) in [4.78, 5) is 23.4. The zero-order valence-electron chi connectivity index (χ0n) is 24.5. The molecular formula is C32H30F2N8O2S. The fourth-order valence-electron chi connectivity index (χ4n) is 5.94. The maximum absolute atomic E-state index is 16.3. The Kier molecular flexibility index (Phi) is 7.58. The van der Waals surface area contributed by atoms with Gasteiger partial charge in [-0.25, -0.2) is 22.2 Å². The number of rotatable bonds is 8. The van der Waals surface area contributed by atoms with E-state index in [4.69, 9.17) is 4.98 Å². The highest BCUT2D eigenvalue weighted by molar-refractivity contribution is 7.90. The second kappa shape index (κ2) is 11.7. The first kappa shape index (κ1) is 29.1. The van der Waals surface area contributed by atoms with Crippen molar-refractivity contribution in [2.24, 2.45) is 0 Å². The van der Waals surface area contributed by atoms with Crippen LogP contribution in [0.25, 0.3) is 55.8 Å². The predicted molar refractivity (Wildman–Crippen MR) is 168 cm³/mol. The zero-order valence-corrected chi connectivity index (χ0v) is 25.3. The average Bonchev–Trinajstić information content (AvgIpc) is 3.65. The van der Waals surface area contributed by atoms with Gasteiger partial charge in [0.25, 0.3) is 0 Å². The summed E-state index contributed by atoms with van der Waals surface area (Å²) < 4.78 is 54.3. The van der Waals surface area contributed by atoms with E-state index in [-0.39, 0.29) is 28.9 Å². The van der Waals surface area contributed by atoms with Crippen molar-refractivity contribution in [3.63, 3.8) is 0 Å². The van der Waals surface area contributed by atoms with Crippen LogP contribution in [0.15, 0.2) is 55.2 Å². The fraction of sp³-hybridized carbons (Fsp3) is 0.281. The van der Waals surface area contributed by atoms with E-state index in [0.717, 1.165) is 31.5 Å². The van der Waals surface area contributed by atoms with Crippen LogP contribution in [0.2, 0.25) is 0 Å². The number of imidazole rings is 1. The fourth-order valence-corrected chi connectivity index (χ4v) is 6.54. The van der Waals surface area contributed by atoms with Gasteiger partial charge in [0.15, 0.2) is 11.6 Å². The number of likely N-dealkylation sites (tertiary alicyclic amines) is 1. The molecule has 1 aromatic carbocycles. The Labute approximate surface area is 257 Å². The number of benzene rings is 1. The Morgan fingerprint density at radius 2 is 1.67 bits per heavy atom. The van der Waals surface area contributed by atoms with E-state index in [1.165, 1.54) is 31.4 Å². The minimum Gasteiger partial charge on any atom is -0.335 e. The van der Waals surface area contributed by atoms with Crippen molar-refractivity contribution in [3.05, 3.63) is 78.0 Å². The number of nitrogens with one attached hydrogen (secondary N) is 2. The molecular weight excluding hydrogens is 598 g/mol. The summed E-state index contributed by atoms with van der Waals surface area (Å²) in [5, 5.41) is 7.45. The normalized spacial score (nSPS) is 14.5. The Morgan fingerprint density at radius 3 is 2.49 bits per heavy atom. The Hall–Kier alpha value is -4.62. The monoisotopic (exact) mass is 628 g/mol. The molecule has 6 heterocycles. The number of sulfone groups is 1. The molecule has 13 heteroatoms. The molecule has 230 valence electrons. The van der Waals surface area contributed by atoms with E-state index in [0.29, 0.717) is 44.6 Å². The van der Waals surface area contributed by atoms with Crippen LogP contribution in [0.5, 0.6) is 0 Å². The number of nitrogens with zero attached hydrogens (tertiary/aromatic N) is 6. The summed E-state index contributed by atoms with van der Waals surface area (Å²) in [6.07, 6.45) is 13.0. The highest BCUT2D eigenvalue weighted by Gasteiger charge is 2.22. The highest BCUT2D eigenvalue weighted by Crippen LogP contribution is 2.35. The summed E-state index contributed by atoms with van der Waals surface area (Å²) in [7, 11) is -3.22. The number of hydrogen-bond acceptors (Lipinski definition) is 8. The molecule has 1 fully saturated rings. The van der Waals surface area contributed by atoms with Gasteiger partial charge in [0.05, 0.1) is 40.1 Å². The molecule has 10 nitrogen and oxygen atoms in total. The predicted octanol–water partition coefficient (Wildman–Crippen LogP) is 5.48. The Morgan fingerprint density at radius 1 is 0.867 bits per heavy atom. The lowest BCUT2D eigenvalue weighted by molar-refractivity contribution is 0.220. The maximum Gasteiger partial charge on any atom is 0.161 e. The number of aromatic nitrogens is 7. The van der Waals surface area contributed by atoms with Crippen molar-refractivity contribution in [3.8, 4) is 33.9 Å². The van der Waals surface area contributed by atoms with Gasteiger partial charge in [-0.2, -0.15) is 5.10 Å². The highest BCUT2D eigenvalue weighted by atomic mass is 32.2. The van der Waals surface area contributed by atoms with Crippen LogP contribution < -0.4 is 0 Å². The maximum atomic E-state index is 16.3. The summed E-state index contributed by atoms with van der Waals surface area (Å²) in [6, 6.07) is 6.33. The molecule has 0 radical (unpaired) electrons. The molecule has 1 aliphatic rings. The lowest BCUT2D eigenvalue weighted by Gasteiger charge is -2.26. The third-order valence-corrected chi connectivity index (χ3v) is 9.06. The minimum absolute atomic E-state index is 0.0989. The molecule has 6 aromatic rings. The summed E-state index contributed by atoms with van der Waals surface area (Å²) in [5.41, 5.74) is 5.01. The molecule has 7 rings (SSSR count). The van der Waals surface area contributed by atoms with Crippen molar-refractivity contribution < 1.29 is 17.2 Å². The first-order valence-electron chi connectivity index (χ1n) is 14.7. The van der Waals surface area contributed by atoms with E-state index in [2.05, 4.69) is 35.0 Å². The van der Waals surface area contributed by atoms with Gasteiger partial charge >= 0.3 is 0 Å². The molecule has 0 amide bonds. The van der Waals surface area contributed by atoms with Gasteiger partial charge in [0.1, 0.15) is 27.0 Å². The van der Waals surface area contributed by atoms with Crippen LogP contribution in [-0.2, 0) is 22.8 Å². The molecule has 0 atom stereocenters. The molecule has 1 aliphatic heterocycles. The number of fused-ring (bicyclic) bond motifs is 2. The van der Waals surface area contributed by atoms with Crippen LogP contribution in [0.3, 0.4) is 0 Å². The van der Waals surface area contributed by atoms with Crippen molar-refractivity contribution in [1.29, 1.82) is 0 Å². The first-order chi connectivity index (χ1) is 21.7. The van der Waals surface area contributed by atoms with Crippen LogP contribution in [0.1, 0.15) is 30.4 Å². The van der Waals surface area contributed by atoms with Gasteiger partial charge in [-0.05, 0) is 67.2 Å². The topological polar surface area (TPSA) is 133 Å². The van der Waals surface area contributed by atoms with E-state index < -0.39 is 21.5 Å². The van der Waals surface area contributed by atoms with Gasteiger partial charge < -0.3 is 4.98 Å². The minimum atomic E-state index is -3.22. The van der Waals surface area contributed by atoms with Crippen LogP contribution in [0.4, 0.5) is 8.78 Å². The van der Waals surface area contributed by atoms with Gasteiger partial charge in [0.2, 0.25) is 0 Å². The van der Waals surface area contributed by atoms with Crippen molar-refractivity contribution in [2.75, 3.05) is 25.1 Å². The van der Waals surface area contributed by atoms with Crippen molar-refractivity contribution >= 4 is 31.8 Å². The molecule has 0 bridgehead atoms. The standard InChI is InChI=1S/C32H30F2N8O2S/c1-45(43,44)8-5-19-9-21(12-23(33)11-19)24-15-36-16-26-30(24)39-32(38-26)31-27-25(40-41-31)17-37-29(28(27)34)22-10-20(13-35-14-22)18-42-6-3-2-4-7-42/h9-17H,2-8,18H2,1H3,(H,38,39)(H,40,41). The van der Waals surface area contributed by atoms with Gasteiger partial charge in [-0.15, -0.1) is 0 Å². The van der Waals surface area contributed by atoms with Gasteiger partial charge in [-0.3, -0.25) is 25.0 Å². The summed E-state index contributed by atoms with van der Waals surface area (Å²) in [5.74, 6) is -0.850. The Bertz CT molecular complexity index is 2160. The summed E-state index contributed by atoms with van der Waals surface area (Å²) >= 11 is 0. The number of H-pyrrole nitrogens is 2. The molecule has 0 spiro atoms. The van der Waals surface area contributed by atoms with E-state index in [9.17, 15) is 12.8 Å². The number of pyridine rings is 3. The van der Waals surface area contributed by atoms with Crippen molar-refractivity contribution in [1.82, 2.24) is 40.0 Å². The second-order valence-corrected chi connectivity index (χ2v) is 13.9. The third-order valence-electron chi connectivity index (χ3n) is 8.12. The van der Waals surface area contributed by atoms with Crippen LogP contribution in [-0.4, -0.2) is 73.5 Å². The number of piperidine rings is 1. The zero-order chi connectivity index (χ0) is 31.1. The molecule has 0 saturated carbocycles. The molecule has 2 N–H and O–H groups in total. The molecule has 0 unspecified atom stereocenters. The van der Waals surface area contributed by atoms with E-state index in [1.54, 1.807) is 30.9 Å². The van der Waals surface area contributed by atoms with Crippen molar-refractivity contribution in [2.45, 2.75) is 32.2 Å². The first-order valence-corrected chi connectivity index (χ1v) is 16.8. The SMILES string of the molecule is CS(=O)(=O)CCc1cc(F)cc(-c2cncc3[nH]c(-c4n[nH]c5cnc(-c6cncc(CN7CCCCC7)c6)c(F)c45)nc23)c1. The molecule has 1 saturated heterocycles. The number of hydrogen-bond donors (Lipinski definition) is 2. The average molecular weight is 629 g/mol. The van der Waals surface area contributed by atoms with Gasteiger partial charge in [0, 0.05) is 42.5 Å². The van der Waals surface area contributed by atoms with E-state index in [1.807, 2.05) is 12.3 Å². The van der Waals surface area contributed by atoms with Crippen LogP contribution in [0, 0.1) is 11.6 Å². The molecule has 45 heavy (non-hydrogen) atoms. The number of aryl methyl sites for hydroxylation is 1. The van der Waals surface area contributed by atoms with E-state index >= 15 is 4.39 Å². The smallest absolute Gasteiger partial charge is 0.161 e. The number of halogens is 2. The largest absolute Gasteiger partial charge is 0.335 e. The molecule has 0 aliphatic carbocycles. The van der Waals surface area contributed by atoms with Crippen LogP contribution >= 0.6 is 0 Å². The lowest BCUT2D eigenvalue weighted by atomic mass is 10.0. The second-order valence-electron chi connectivity index (χ2n) is 11.6. The lowest BCUT2D eigenvalue weighted by Crippen LogP contribution is -2.29. The third kappa shape index (κ3) is 6.05. The Balaban J connectivity index is 1.26. The van der Waals surface area contributed by atoms with Gasteiger partial charge in [-0.1, -0.05) is 12.5 Å². The summed E-state index contributed by atoms with van der Waals surface area (Å²) in [6.45, 7) is 2.83.